The molecule has 0 aliphatic heterocycles. The van der Waals surface area contributed by atoms with E-state index in [0.29, 0.717) is 11.5 Å². The Bertz CT molecular complexity index is 335. The van der Waals surface area contributed by atoms with Gasteiger partial charge in [0.15, 0.2) is 0 Å². The van der Waals surface area contributed by atoms with Gasteiger partial charge in [0, 0.05) is 5.92 Å². The highest BCUT2D eigenvalue weighted by Crippen LogP contribution is 2.26. The summed E-state index contributed by atoms with van der Waals surface area (Å²) in [6.45, 7) is 4.40. The maximum absolute atomic E-state index is 8.95. The summed E-state index contributed by atoms with van der Waals surface area (Å²) in [5, 5.41) is 15.9. The first-order chi connectivity index (χ1) is 7.83. The topological polar surface area (TPSA) is 52.5 Å². The van der Waals surface area contributed by atoms with Crippen LogP contribution in [-0.4, -0.2) is 10.2 Å². The van der Waals surface area contributed by atoms with Gasteiger partial charge in [0.1, 0.15) is 6.07 Å². The summed E-state index contributed by atoms with van der Waals surface area (Å²) in [5.74, 6) is 0.467. The minimum absolute atomic E-state index is 0.467. The zero-order valence-electron chi connectivity index (χ0n) is 10.3. The van der Waals surface area contributed by atoms with Gasteiger partial charge in [0.25, 0.3) is 0 Å². The van der Waals surface area contributed by atoms with Crippen molar-refractivity contribution in [2.45, 2.75) is 58.3 Å². The molecule has 1 aromatic heterocycles. The van der Waals surface area contributed by atoms with Crippen LogP contribution in [-0.2, 0) is 0 Å². The molecular formula is C13H21N3. The molecule has 3 heteroatoms. The van der Waals surface area contributed by atoms with Gasteiger partial charge in [-0.25, -0.2) is 0 Å². The van der Waals surface area contributed by atoms with Gasteiger partial charge in [-0.1, -0.05) is 39.5 Å². The number of nitriles is 1. The Hall–Kier alpha value is -1.30. The predicted molar refractivity (Wildman–Crippen MR) is 65.1 cm³/mol. The van der Waals surface area contributed by atoms with E-state index >= 15 is 0 Å². The monoisotopic (exact) mass is 219 g/mol. The van der Waals surface area contributed by atoms with Crippen molar-refractivity contribution >= 4 is 0 Å². The van der Waals surface area contributed by atoms with Gasteiger partial charge in [-0.15, -0.1) is 0 Å². The molecule has 0 radical (unpaired) electrons. The van der Waals surface area contributed by atoms with Crippen LogP contribution in [0.15, 0.2) is 6.20 Å². The average molecular weight is 219 g/mol. The lowest BCUT2D eigenvalue weighted by Gasteiger charge is -2.13. The SMILES string of the molecule is CCCCCCC(CC)c1[nH]ncc1C#N. The minimum atomic E-state index is 0.467. The second kappa shape index (κ2) is 7.05. The number of H-pyrrole nitrogens is 1. The fraction of sp³-hybridized carbons (Fsp3) is 0.692. The second-order valence-corrected chi connectivity index (χ2v) is 4.26. The summed E-state index contributed by atoms with van der Waals surface area (Å²) in [7, 11) is 0. The quantitative estimate of drug-likeness (QED) is 0.710. The first-order valence-electron chi connectivity index (χ1n) is 6.26. The lowest BCUT2D eigenvalue weighted by molar-refractivity contribution is 0.532. The molecule has 1 N–H and O–H groups in total. The molecule has 0 spiro atoms. The van der Waals surface area contributed by atoms with E-state index in [1.807, 2.05) is 0 Å². The number of rotatable bonds is 7. The fourth-order valence-corrected chi connectivity index (χ4v) is 2.07. The second-order valence-electron chi connectivity index (χ2n) is 4.26. The summed E-state index contributed by atoms with van der Waals surface area (Å²) < 4.78 is 0. The van der Waals surface area contributed by atoms with E-state index in [-0.39, 0.29) is 0 Å². The molecule has 88 valence electrons. The summed E-state index contributed by atoms with van der Waals surface area (Å²) in [4.78, 5) is 0. The lowest BCUT2D eigenvalue weighted by atomic mass is 9.93. The molecule has 0 saturated carbocycles. The molecule has 1 unspecified atom stereocenters. The van der Waals surface area contributed by atoms with Crippen molar-refractivity contribution in [3.05, 3.63) is 17.5 Å². The third-order valence-electron chi connectivity index (χ3n) is 3.10. The summed E-state index contributed by atoms with van der Waals surface area (Å²) >= 11 is 0. The molecule has 16 heavy (non-hydrogen) atoms. The summed E-state index contributed by atoms with van der Waals surface area (Å²) in [6, 6.07) is 2.20. The van der Waals surface area contributed by atoms with Crippen LogP contribution in [0.5, 0.6) is 0 Å². The van der Waals surface area contributed by atoms with Crippen LogP contribution in [0, 0.1) is 11.3 Å². The van der Waals surface area contributed by atoms with E-state index in [4.69, 9.17) is 5.26 Å². The molecule has 0 fully saturated rings. The van der Waals surface area contributed by atoms with Gasteiger partial charge in [0.2, 0.25) is 0 Å². The van der Waals surface area contributed by atoms with Crippen molar-refractivity contribution in [3.8, 4) is 6.07 Å². The number of unbranched alkanes of at least 4 members (excludes halogenated alkanes) is 3. The van der Waals surface area contributed by atoms with Crippen molar-refractivity contribution in [1.29, 1.82) is 5.26 Å². The molecule has 1 atom stereocenters. The maximum atomic E-state index is 8.95. The average Bonchev–Trinajstić information content (AvgIpc) is 2.77. The number of nitrogens with zero attached hydrogens (tertiary/aromatic N) is 2. The molecule has 0 saturated heterocycles. The lowest BCUT2D eigenvalue weighted by Crippen LogP contribution is -2.00. The van der Waals surface area contributed by atoms with Gasteiger partial charge in [-0.05, 0) is 12.8 Å². The highest BCUT2D eigenvalue weighted by atomic mass is 15.1. The highest BCUT2D eigenvalue weighted by Gasteiger charge is 2.15. The Morgan fingerprint density at radius 3 is 2.81 bits per heavy atom. The van der Waals surface area contributed by atoms with E-state index in [0.717, 1.165) is 18.5 Å². The van der Waals surface area contributed by atoms with Crippen molar-refractivity contribution in [1.82, 2.24) is 10.2 Å². The van der Waals surface area contributed by atoms with Gasteiger partial charge >= 0.3 is 0 Å². The predicted octanol–water partition coefficient (Wildman–Crippen LogP) is 3.75. The molecular weight excluding hydrogens is 198 g/mol. The van der Waals surface area contributed by atoms with Crippen molar-refractivity contribution in [2.75, 3.05) is 0 Å². The normalized spacial score (nSPS) is 12.3. The molecule has 3 nitrogen and oxygen atoms in total. The molecule has 1 aromatic rings. The van der Waals surface area contributed by atoms with Gasteiger partial charge in [-0.2, -0.15) is 10.4 Å². The molecule has 0 aromatic carbocycles. The van der Waals surface area contributed by atoms with E-state index in [2.05, 4.69) is 30.1 Å². The van der Waals surface area contributed by atoms with Gasteiger partial charge in [-0.3, -0.25) is 5.10 Å². The number of hydrogen-bond acceptors (Lipinski definition) is 2. The number of nitrogens with one attached hydrogen (secondary N) is 1. The van der Waals surface area contributed by atoms with Crippen molar-refractivity contribution in [2.24, 2.45) is 0 Å². The highest BCUT2D eigenvalue weighted by molar-refractivity contribution is 5.32. The van der Waals surface area contributed by atoms with Crippen LogP contribution >= 0.6 is 0 Å². The molecule has 0 aliphatic rings. The van der Waals surface area contributed by atoms with Crippen molar-refractivity contribution in [3.63, 3.8) is 0 Å². The van der Waals surface area contributed by atoms with Crippen LogP contribution in [0.25, 0.3) is 0 Å². The van der Waals surface area contributed by atoms with Crippen LogP contribution in [0.4, 0.5) is 0 Å². The first-order valence-corrected chi connectivity index (χ1v) is 6.26. The van der Waals surface area contributed by atoms with E-state index in [9.17, 15) is 0 Å². The summed E-state index contributed by atoms with van der Waals surface area (Å²) in [5.41, 5.74) is 1.74. The zero-order chi connectivity index (χ0) is 11.8. The smallest absolute Gasteiger partial charge is 0.103 e. The van der Waals surface area contributed by atoms with Crippen LogP contribution < -0.4 is 0 Å². The zero-order valence-corrected chi connectivity index (χ0v) is 10.3. The third kappa shape index (κ3) is 3.37. The van der Waals surface area contributed by atoms with Crippen molar-refractivity contribution < 1.29 is 0 Å². The Morgan fingerprint density at radius 2 is 2.19 bits per heavy atom. The Morgan fingerprint density at radius 1 is 1.38 bits per heavy atom. The molecule has 1 rings (SSSR count). The molecule has 0 bridgehead atoms. The van der Waals surface area contributed by atoms with E-state index in [1.54, 1.807) is 6.20 Å². The van der Waals surface area contributed by atoms with Gasteiger partial charge in [0.05, 0.1) is 17.5 Å². The molecule has 0 amide bonds. The third-order valence-corrected chi connectivity index (χ3v) is 3.10. The van der Waals surface area contributed by atoms with E-state index < -0.39 is 0 Å². The van der Waals surface area contributed by atoms with Crippen LogP contribution in [0.1, 0.15) is 69.5 Å². The Kier molecular flexibility index (Phi) is 5.63. The molecule has 1 heterocycles. The Balaban J connectivity index is 2.51. The number of hydrogen-bond donors (Lipinski definition) is 1. The fourth-order valence-electron chi connectivity index (χ4n) is 2.07. The standard InChI is InChI=1S/C13H21N3/c1-3-5-6-7-8-11(4-2)13-12(9-14)10-15-16-13/h10-11H,3-8H2,1-2H3,(H,15,16). The largest absolute Gasteiger partial charge is 0.281 e. The minimum Gasteiger partial charge on any atom is -0.281 e. The number of aromatic nitrogens is 2. The van der Waals surface area contributed by atoms with Crippen LogP contribution in [0.3, 0.4) is 0 Å². The summed E-state index contributed by atoms with van der Waals surface area (Å²) in [6.07, 6.45) is 8.98. The maximum Gasteiger partial charge on any atom is 0.103 e. The Labute approximate surface area is 97.9 Å². The molecule has 0 aliphatic carbocycles. The first kappa shape index (κ1) is 12.8. The number of aromatic amines is 1. The van der Waals surface area contributed by atoms with Crippen LogP contribution in [0.2, 0.25) is 0 Å². The van der Waals surface area contributed by atoms with E-state index in [1.165, 1.54) is 25.7 Å². The van der Waals surface area contributed by atoms with Gasteiger partial charge < -0.3 is 0 Å².